The van der Waals surface area contributed by atoms with Crippen LogP contribution in [0.2, 0.25) is 0 Å². The van der Waals surface area contributed by atoms with Gasteiger partial charge in [0, 0.05) is 36.0 Å². The molecule has 0 aliphatic rings. The molecular weight excluding hydrogens is 460 g/mol. The van der Waals surface area contributed by atoms with Gasteiger partial charge in [-0.3, -0.25) is 4.98 Å². The van der Waals surface area contributed by atoms with Gasteiger partial charge in [0.1, 0.15) is 22.8 Å². The number of unbranched alkanes of at least 4 members (excludes halogenated alkanes) is 1. The molecule has 0 radical (unpaired) electrons. The van der Waals surface area contributed by atoms with Gasteiger partial charge in [0.15, 0.2) is 5.82 Å². The smallest absolute Gasteiger partial charge is 0.163 e. The monoisotopic (exact) mass is 496 g/mol. The Morgan fingerprint density at radius 2 is 1.84 bits per heavy atom. The number of allylic oxidation sites excluding steroid dienone is 1. The molecule has 4 rings (SSSR count). The molecule has 6 heteroatoms. The Morgan fingerprint density at radius 1 is 1.05 bits per heavy atom. The first-order valence-corrected chi connectivity index (χ1v) is 12.5. The second-order valence-electron chi connectivity index (χ2n) is 8.50. The molecule has 2 heterocycles. The molecule has 2 aromatic heterocycles. The van der Waals surface area contributed by atoms with E-state index >= 15 is 0 Å². The van der Waals surface area contributed by atoms with Gasteiger partial charge in [0.25, 0.3) is 0 Å². The molecule has 0 bridgehead atoms. The summed E-state index contributed by atoms with van der Waals surface area (Å²) in [7, 11) is 3.50. The number of methoxy groups -OCH3 is 1. The number of nitrogens with zero attached hydrogens (tertiary/aromatic N) is 3. The van der Waals surface area contributed by atoms with E-state index < -0.39 is 0 Å². The molecule has 0 aliphatic heterocycles. The SMILES string of the molecule is C=C(O/C=C\C)c1ccc(C)c(-c2cc(OC)c3nc(-c4cccnc4)nc(NC)c3c2)c1.CCCC. The van der Waals surface area contributed by atoms with E-state index in [0.717, 1.165) is 38.7 Å². The van der Waals surface area contributed by atoms with Crippen LogP contribution in [0.15, 0.2) is 73.8 Å². The highest BCUT2D eigenvalue weighted by Gasteiger charge is 2.16. The molecule has 0 saturated heterocycles. The summed E-state index contributed by atoms with van der Waals surface area (Å²) in [5.41, 5.74) is 5.64. The van der Waals surface area contributed by atoms with Crippen LogP contribution in [0.25, 0.3) is 39.2 Å². The van der Waals surface area contributed by atoms with Gasteiger partial charge >= 0.3 is 0 Å². The lowest BCUT2D eigenvalue weighted by Crippen LogP contribution is -2.01. The first kappa shape index (κ1) is 27.4. The van der Waals surface area contributed by atoms with Crippen molar-refractivity contribution in [1.82, 2.24) is 15.0 Å². The summed E-state index contributed by atoms with van der Waals surface area (Å²) in [5, 5.41) is 4.08. The molecule has 0 aliphatic carbocycles. The molecule has 2 aromatic carbocycles. The highest BCUT2D eigenvalue weighted by Crippen LogP contribution is 2.37. The van der Waals surface area contributed by atoms with E-state index in [1.54, 1.807) is 25.8 Å². The average molecular weight is 497 g/mol. The third-order valence-electron chi connectivity index (χ3n) is 5.86. The lowest BCUT2D eigenvalue weighted by Gasteiger charge is -2.15. The molecule has 1 N–H and O–H groups in total. The van der Waals surface area contributed by atoms with Crippen molar-refractivity contribution < 1.29 is 9.47 Å². The predicted molar refractivity (Wildman–Crippen MR) is 155 cm³/mol. The normalized spacial score (nSPS) is 10.6. The number of ether oxygens (including phenoxy) is 2. The summed E-state index contributed by atoms with van der Waals surface area (Å²) in [6, 6.07) is 14.0. The first-order chi connectivity index (χ1) is 18.0. The Labute approximate surface area is 220 Å². The fourth-order valence-electron chi connectivity index (χ4n) is 3.65. The maximum atomic E-state index is 5.77. The molecule has 0 amide bonds. The molecule has 0 fully saturated rings. The number of rotatable bonds is 8. The van der Waals surface area contributed by atoms with Gasteiger partial charge in [-0.25, -0.2) is 9.97 Å². The minimum absolute atomic E-state index is 0.585. The summed E-state index contributed by atoms with van der Waals surface area (Å²) in [6.45, 7) is 12.4. The number of anilines is 1. The van der Waals surface area contributed by atoms with Crippen molar-refractivity contribution in [2.45, 2.75) is 40.5 Å². The van der Waals surface area contributed by atoms with Crippen LogP contribution in [0.1, 0.15) is 44.7 Å². The Kier molecular flexibility index (Phi) is 9.78. The zero-order valence-electron chi connectivity index (χ0n) is 22.6. The zero-order valence-corrected chi connectivity index (χ0v) is 22.6. The van der Waals surface area contributed by atoms with Gasteiger partial charge in [0.05, 0.1) is 13.4 Å². The minimum Gasteiger partial charge on any atom is -0.494 e. The largest absolute Gasteiger partial charge is 0.494 e. The number of pyridine rings is 1. The molecule has 192 valence electrons. The van der Waals surface area contributed by atoms with Crippen LogP contribution in [-0.4, -0.2) is 29.1 Å². The van der Waals surface area contributed by atoms with E-state index in [4.69, 9.17) is 19.4 Å². The summed E-state index contributed by atoms with van der Waals surface area (Å²) < 4.78 is 11.3. The van der Waals surface area contributed by atoms with Crippen molar-refractivity contribution in [2.24, 2.45) is 0 Å². The third-order valence-corrected chi connectivity index (χ3v) is 5.86. The van der Waals surface area contributed by atoms with E-state index in [-0.39, 0.29) is 0 Å². The summed E-state index contributed by atoms with van der Waals surface area (Å²) in [6.07, 6.45) is 9.56. The quantitative estimate of drug-likeness (QED) is 0.249. The van der Waals surface area contributed by atoms with Crippen LogP contribution in [0.3, 0.4) is 0 Å². The van der Waals surface area contributed by atoms with Gasteiger partial charge in [-0.1, -0.05) is 51.5 Å². The second kappa shape index (κ2) is 13.2. The third kappa shape index (κ3) is 6.53. The topological polar surface area (TPSA) is 69.2 Å². The van der Waals surface area contributed by atoms with Crippen molar-refractivity contribution in [3.8, 4) is 28.3 Å². The number of aryl methyl sites for hydroxylation is 1. The number of fused-ring (bicyclic) bond motifs is 1. The first-order valence-electron chi connectivity index (χ1n) is 12.5. The molecule has 6 nitrogen and oxygen atoms in total. The van der Waals surface area contributed by atoms with Crippen LogP contribution >= 0.6 is 0 Å². The fraction of sp³-hybridized carbons (Fsp3) is 0.258. The summed E-state index contributed by atoms with van der Waals surface area (Å²) >= 11 is 0. The number of benzene rings is 2. The van der Waals surface area contributed by atoms with Crippen molar-refractivity contribution in [3.63, 3.8) is 0 Å². The lowest BCUT2D eigenvalue weighted by atomic mass is 9.96. The molecule has 0 atom stereocenters. The van der Waals surface area contributed by atoms with Crippen LogP contribution in [0.4, 0.5) is 5.82 Å². The number of hydrogen-bond donors (Lipinski definition) is 1. The van der Waals surface area contributed by atoms with Crippen molar-refractivity contribution in [1.29, 1.82) is 0 Å². The van der Waals surface area contributed by atoms with E-state index in [9.17, 15) is 0 Å². The Bertz CT molecular complexity index is 1380. The van der Waals surface area contributed by atoms with Gasteiger partial charge in [-0.15, -0.1) is 0 Å². The predicted octanol–water partition coefficient (Wildman–Crippen LogP) is 8.04. The molecule has 4 aromatic rings. The lowest BCUT2D eigenvalue weighted by molar-refractivity contribution is 0.419. The summed E-state index contributed by atoms with van der Waals surface area (Å²) in [5.74, 6) is 2.55. The molecular formula is C31H36N4O2. The molecule has 0 unspecified atom stereocenters. The second-order valence-corrected chi connectivity index (χ2v) is 8.50. The van der Waals surface area contributed by atoms with Crippen LogP contribution in [0, 0.1) is 6.92 Å². The van der Waals surface area contributed by atoms with E-state index in [2.05, 4.69) is 55.9 Å². The number of nitrogens with one attached hydrogen (secondary N) is 1. The van der Waals surface area contributed by atoms with Crippen molar-refractivity contribution in [2.75, 3.05) is 19.5 Å². The number of hydrogen-bond acceptors (Lipinski definition) is 6. The Balaban J connectivity index is 0.000000886. The van der Waals surface area contributed by atoms with Crippen LogP contribution < -0.4 is 10.1 Å². The van der Waals surface area contributed by atoms with Crippen LogP contribution in [0.5, 0.6) is 5.75 Å². The highest BCUT2D eigenvalue weighted by molar-refractivity contribution is 5.98. The van der Waals surface area contributed by atoms with Crippen LogP contribution in [-0.2, 0) is 4.74 Å². The fourth-order valence-corrected chi connectivity index (χ4v) is 3.65. The van der Waals surface area contributed by atoms with Gasteiger partial charge in [-0.05, 0) is 60.9 Å². The van der Waals surface area contributed by atoms with Gasteiger partial charge in [-0.2, -0.15) is 0 Å². The number of aromatic nitrogens is 3. The van der Waals surface area contributed by atoms with E-state index in [1.165, 1.54) is 12.8 Å². The Morgan fingerprint density at radius 3 is 2.46 bits per heavy atom. The minimum atomic E-state index is 0.585. The molecule has 0 spiro atoms. The van der Waals surface area contributed by atoms with Gasteiger partial charge in [0.2, 0.25) is 0 Å². The highest BCUT2D eigenvalue weighted by atomic mass is 16.5. The van der Waals surface area contributed by atoms with Crippen molar-refractivity contribution in [3.05, 3.63) is 84.9 Å². The summed E-state index contributed by atoms with van der Waals surface area (Å²) in [4.78, 5) is 13.7. The van der Waals surface area contributed by atoms with Gasteiger partial charge < -0.3 is 14.8 Å². The Hall–Kier alpha value is -4.19. The average Bonchev–Trinajstić information content (AvgIpc) is 2.95. The maximum Gasteiger partial charge on any atom is 0.163 e. The molecule has 0 saturated carbocycles. The molecule has 37 heavy (non-hydrogen) atoms. The van der Waals surface area contributed by atoms with E-state index in [0.29, 0.717) is 23.2 Å². The maximum absolute atomic E-state index is 5.77. The zero-order chi connectivity index (χ0) is 26.8. The van der Waals surface area contributed by atoms with E-state index in [1.807, 2.05) is 44.3 Å². The van der Waals surface area contributed by atoms with Crippen molar-refractivity contribution >= 4 is 22.5 Å². The standard InChI is InChI=1S/C27H26N4O2.C4H10/c1-6-12-33-18(3)19-10-9-17(2)22(13-19)21-14-23-25(24(15-21)32-5)30-26(31-27(23)28-4)20-8-7-11-29-16-20;1-3-4-2/h6-16H,3H2,1-2,4-5H3,(H,28,30,31);3-4H2,1-2H3/b12-6-;.